The topological polar surface area (TPSA) is 48.1 Å². The summed E-state index contributed by atoms with van der Waals surface area (Å²) in [4.78, 5) is 4.38. The van der Waals surface area contributed by atoms with Gasteiger partial charge in [-0.05, 0) is 37.5 Å². The fourth-order valence-electron chi connectivity index (χ4n) is 2.34. The molecule has 2 rings (SSSR count). The van der Waals surface area contributed by atoms with Crippen molar-refractivity contribution in [3.63, 3.8) is 0 Å². The maximum Gasteiger partial charge on any atom is 0.0801 e. The van der Waals surface area contributed by atoms with E-state index in [1.807, 2.05) is 30.5 Å². The predicted octanol–water partition coefficient (Wildman–Crippen LogP) is 2.92. The first kappa shape index (κ1) is 14.0. The molecule has 0 aliphatic rings. The van der Waals surface area contributed by atoms with Crippen LogP contribution in [0.2, 0.25) is 0 Å². The molecule has 0 fully saturated rings. The Kier molecular flexibility index (Phi) is 4.17. The van der Waals surface area contributed by atoms with Crippen molar-refractivity contribution in [2.24, 2.45) is 5.73 Å². The predicted molar refractivity (Wildman–Crippen MR) is 79.1 cm³/mol. The number of nitrogens with zero attached hydrogens (tertiary/aromatic N) is 1. The monoisotopic (exact) mass is 258 g/mol. The van der Waals surface area contributed by atoms with Crippen molar-refractivity contribution >= 4 is 10.9 Å². The van der Waals surface area contributed by atoms with Gasteiger partial charge in [0.25, 0.3) is 0 Å². The van der Waals surface area contributed by atoms with E-state index >= 15 is 0 Å². The molecule has 2 N–H and O–H groups in total. The number of pyridine rings is 1. The van der Waals surface area contributed by atoms with Gasteiger partial charge in [0, 0.05) is 24.7 Å². The standard InChI is InChI=1S/C16H22N2O/c1-4-16(2,19-3)15(17)11-12-9-10-18-14-8-6-5-7-13(12)14/h5-10,15H,4,11,17H2,1-3H3. The van der Waals surface area contributed by atoms with E-state index in [0.29, 0.717) is 0 Å². The highest BCUT2D eigenvalue weighted by molar-refractivity contribution is 5.81. The van der Waals surface area contributed by atoms with Gasteiger partial charge in [0.2, 0.25) is 0 Å². The first-order valence-electron chi connectivity index (χ1n) is 6.74. The Morgan fingerprint density at radius 2 is 2.05 bits per heavy atom. The molecule has 0 radical (unpaired) electrons. The Hall–Kier alpha value is -1.45. The molecule has 1 aromatic carbocycles. The zero-order chi connectivity index (χ0) is 13.9. The minimum atomic E-state index is -0.287. The average Bonchev–Trinajstić information content (AvgIpc) is 2.46. The highest BCUT2D eigenvalue weighted by Gasteiger charge is 2.29. The Labute approximate surface area is 114 Å². The molecule has 0 saturated heterocycles. The van der Waals surface area contributed by atoms with Crippen LogP contribution >= 0.6 is 0 Å². The summed E-state index contributed by atoms with van der Waals surface area (Å²) < 4.78 is 5.59. The van der Waals surface area contributed by atoms with E-state index in [-0.39, 0.29) is 11.6 Å². The third-order valence-electron chi connectivity index (χ3n) is 4.13. The molecule has 0 aliphatic heterocycles. The van der Waals surface area contributed by atoms with E-state index in [4.69, 9.17) is 10.5 Å². The number of benzene rings is 1. The quantitative estimate of drug-likeness (QED) is 0.897. The van der Waals surface area contributed by atoms with Crippen molar-refractivity contribution in [1.82, 2.24) is 4.98 Å². The molecule has 2 aromatic rings. The van der Waals surface area contributed by atoms with Gasteiger partial charge in [-0.2, -0.15) is 0 Å². The number of hydrogen-bond acceptors (Lipinski definition) is 3. The largest absolute Gasteiger partial charge is 0.377 e. The molecule has 2 unspecified atom stereocenters. The summed E-state index contributed by atoms with van der Waals surface area (Å²) >= 11 is 0. The van der Waals surface area contributed by atoms with Crippen molar-refractivity contribution in [1.29, 1.82) is 0 Å². The van der Waals surface area contributed by atoms with Crippen molar-refractivity contribution < 1.29 is 4.74 Å². The van der Waals surface area contributed by atoms with Crippen molar-refractivity contribution in [3.05, 3.63) is 42.1 Å². The second-order valence-corrected chi connectivity index (χ2v) is 5.17. The Morgan fingerprint density at radius 3 is 2.74 bits per heavy atom. The van der Waals surface area contributed by atoms with Crippen LogP contribution in [-0.4, -0.2) is 23.7 Å². The van der Waals surface area contributed by atoms with Gasteiger partial charge >= 0.3 is 0 Å². The maximum absolute atomic E-state index is 6.35. The Balaban J connectivity index is 2.31. The highest BCUT2D eigenvalue weighted by Crippen LogP contribution is 2.24. The van der Waals surface area contributed by atoms with E-state index in [0.717, 1.165) is 18.4 Å². The first-order valence-corrected chi connectivity index (χ1v) is 6.74. The number of aromatic nitrogens is 1. The number of hydrogen-bond donors (Lipinski definition) is 1. The van der Waals surface area contributed by atoms with Gasteiger partial charge < -0.3 is 10.5 Å². The van der Waals surface area contributed by atoms with Crippen molar-refractivity contribution in [2.45, 2.75) is 38.3 Å². The summed E-state index contributed by atoms with van der Waals surface area (Å²) in [5, 5.41) is 1.18. The van der Waals surface area contributed by atoms with Crippen molar-refractivity contribution in [2.75, 3.05) is 7.11 Å². The molecule has 0 spiro atoms. The molecule has 1 aromatic heterocycles. The van der Waals surface area contributed by atoms with Crippen LogP contribution in [0, 0.1) is 0 Å². The first-order chi connectivity index (χ1) is 9.10. The summed E-state index contributed by atoms with van der Waals surface area (Å²) in [6, 6.07) is 10.2. The van der Waals surface area contributed by atoms with Crippen LogP contribution < -0.4 is 5.73 Å². The molecule has 2 atom stereocenters. The second-order valence-electron chi connectivity index (χ2n) is 5.17. The molecular formula is C16H22N2O. The SMILES string of the molecule is CCC(C)(OC)C(N)Cc1ccnc2ccccc12. The van der Waals surface area contributed by atoms with Crippen LogP contribution in [0.25, 0.3) is 10.9 Å². The van der Waals surface area contributed by atoms with E-state index in [2.05, 4.69) is 24.9 Å². The Morgan fingerprint density at radius 1 is 1.32 bits per heavy atom. The fraction of sp³-hybridized carbons (Fsp3) is 0.438. The van der Waals surface area contributed by atoms with Crippen LogP contribution in [0.15, 0.2) is 36.5 Å². The van der Waals surface area contributed by atoms with Gasteiger partial charge in [0.15, 0.2) is 0 Å². The molecule has 0 amide bonds. The van der Waals surface area contributed by atoms with E-state index in [9.17, 15) is 0 Å². The van der Waals surface area contributed by atoms with E-state index in [1.165, 1.54) is 10.9 Å². The smallest absolute Gasteiger partial charge is 0.0801 e. The molecule has 3 nitrogen and oxygen atoms in total. The van der Waals surface area contributed by atoms with Gasteiger partial charge in [-0.1, -0.05) is 25.1 Å². The van der Waals surface area contributed by atoms with Gasteiger partial charge in [-0.25, -0.2) is 0 Å². The van der Waals surface area contributed by atoms with Gasteiger partial charge in [0.1, 0.15) is 0 Å². The summed E-state index contributed by atoms with van der Waals surface area (Å²) in [7, 11) is 1.73. The number of rotatable bonds is 5. The van der Waals surface area contributed by atoms with Crippen LogP contribution in [0.3, 0.4) is 0 Å². The normalized spacial score (nSPS) is 16.2. The minimum absolute atomic E-state index is 0.0340. The zero-order valence-corrected chi connectivity index (χ0v) is 11.9. The van der Waals surface area contributed by atoms with Crippen LogP contribution in [-0.2, 0) is 11.2 Å². The fourth-order valence-corrected chi connectivity index (χ4v) is 2.34. The van der Waals surface area contributed by atoms with Gasteiger partial charge in [-0.3, -0.25) is 4.98 Å². The molecule has 0 saturated carbocycles. The molecular weight excluding hydrogens is 236 g/mol. The second kappa shape index (κ2) is 5.68. The van der Waals surface area contributed by atoms with Gasteiger partial charge in [0.05, 0.1) is 11.1 Å². The van der Waals surface area contributed by atoms with Crippen LogP contribution in [0.1, 0.15) is 25.8 Å². The van der Waals surface area contributed by atoms with Crippen LogP contribution in [0.5, 0.6) is 0 Å². The zero-order valence-electron chi connectivity index (χ0n) is 11.9. The summed E-state index contributed by atoms with van der Waals surface area (Å²) in [6.07, 6.45) is 3.54. The molecule has 102 valence electrons. The number of methoxy groups -OCH3 is 1. The minimum Gasteiger partial charge on any atom is -0.377 e. The number of fused-ring (bicyclic) bond motifs is 1. The molecule has 0 aliphatic carbocycles. The van der Waals surface area contributed by atoms with Crippen molar-refractivity contribution in [3.8, 4) is 0 Å². The molecule has 19 heavy (non-hydrogen) atoms. The lowest BCUT2D eigenvalue weighted by Crippen LogP contribution is -2.48. The average molecular weight is 258 g/mol. The number of nitrogens with two attached hydrogens (primary N) is 1. The molecule has 3 heteroatoms. The number of ether oxygens (including phenoxy) is 1. The molecule has 0 bridgehead atoms. The number of para-hydroxylation sites is 1. The Bertz CT molecular complexity index is 544. The third-order valence-corrected chi connectivity index (χ3v) is 4.13. The summed E-state index contributed by atoms with van der Waals surface area (Å²) in [5.41, 5.74) is 8.31. The lowest BCUT2D eigenvalue weighted by Gasteiger charge is -2.33. The molecule has 1 heterocycles. The van der Waals surface area contributed by atoms with Crippen LogP contribution in [0.4, 0.5) is 0 Å². The lowest BCUT2D eigenvalue weighted by molar-refractivity contribution is -0.0183. The summed E-state index contributed by atoms with van der Waals surface area (Å²) in [6.45, 7) is 4.18. The summed E-state index contributed by atoms with van der Waals surface area (Å²) in [5.74, 6) is 0. The van der Waals surface area contributed by atoms with E-state index < -0.39 is 0 Å². The highest BCUT2D eigenvalue weighted by atomic mass is 16.5. The van der Waals surface area contributed by atoms with Gasteiger partial charge in [-0.15, -0.1) is 0 Å². The lowest BCUT2D eigenvalue weighted by atomic mass is 9.88. The van der Waals surface area contributed by atoms with E-state index in [1.54, 1.807) is 7.11 Å². The maximum atomic E-state index is 6.35. The third kappa shape index (κ3) is 2.77.